The zero-order valence-electron chi connectivity index (χ0n) is 12.5. The van der Waals surface area contributed by atoms with E-state index in [2.05, 4.69) is 7.25 Å². The zero-order chi connectivity index (χ0) is 21.5. The summed E-state index contributed by atoms with van der Waals surface area (Å²) < 4.78 is 151. The first-order valence-electron chi connectivity index (χ1n) is 6.06. The molecule has 0 saturated heterocycles. The third-order valence-electron chi connectivity index (χ3n) is 2.60. The summed E-state index contributed by atoms with van der Waals surface area (Å²) in [6.07, 6.45) is -6.88. The number of methoxy groups -OCH3 is 1. The number of ether oxygens (including phenoxy) is 1. The Hall–Kier alpha value is -1.04. The molecule has 1 rings (SSSR count). The summed E-state index contributed by atoms with van der Waals surface area (Å²) in [7, 11) is -5.83. The summed E-state index contributed by atoms with van der Waals surface area (Å²) in [4.78, 5) is 0. The topological polar surface area (TPSA) is 52.6 Å². The van der Waals surface area contributed by atoms with E-state index in [0.29, 0.717) is 12.1 Å². The second-order valence-electron chi connectivity index (χ2n) is 4.44. The fraction of sp³-hybridized carbons (Fsp3) is 0.455. The number of benzene rings is 1. The van der Waals surface area contributed by atoms with Crippen LogP contribution in [0.4, 0.5) is 43.9 Å². The molecule has 0 fully saturated rings. The predicted molar refractivity (Wildman–Crippen MR) is 77.7 cm³/mol. The van der Waals surface area contributed by atoms with E-state index < -0.39 is 55.5 Å². The molecule has 0 unspecified atom stereocenters. The third-order valence-corrected chi connectivity index (χ3v) is 9.72. The van der Waals surface area contributed by atoms with Crippen LogP contribution in [0.3, 0.4) is 0 Å². The monoisotopic (exact) mass is 552 g/mol. The van der Waals surface area contributed by atoms with Crippen LogP contribution in [-0.2, 0) is 12.6 Å². The van der Waals surface area contributed by atoms with Gasteiger partial charge in [-0.25, -0.2) is 0 Å². The zero-order valence-corrected chi connectivity index (χ0v) is 15.5. The first kappa shape index (κ1) is 24.0. The molecule has 0 saturated carbocycles. The van der Waals surface area contributed by atoms with Crippen molar-refractivity contribution in [3.8, 4) is 5.75 Å². The Morgan fingerprint density at radius 2 is 1.30 bits per heavy atom. The van der Waals surface area contributed by atoms with Gasteiger partial charge in [0.25, 0.3) is 0 Å². The van der Waals surface area contributed by atoms with Crippen molar-refractivity contribution in [1.82, 2.24) is 0 Å². The fourth-order valence-corrected chi connectivity index (χ4v) is 7.72. The van der Waals surface area contributed by atoms with Crippen LogP contribution >= 0.6 is 20.2 Å². The van der Waals surface area contributed by atoms with Crippen molar-refractivity contribution in [1.29, 1.82) is 0 Å². The first-order valence-corrected chi connectivity index (χ1v) is 10.5. The molecule has 158 valence electrons. The van der Waals surface area contributed by atoms with Gasteiger partial charge in [-0.1, -0.05) is 0 Å². The molecule has 0 N–H and O–H groups in total. The molecule has 0 bridgehead atoms. The molecule has 0 spiro atoms. The Bertz CT molecular complexity index is 757. The van der Waals surface area contributed by atoms with Crippen LogP contribution in [0.5, 0.6) is 5.75 Å². The van der Waals surface area contributed by atoms with Gasteiger partial charge in [-0.15, -0.1) is 0 Å². The van der Waals surface area contributed by atoms with Crippen molar-refractivity contribution in [2.45, 2.75) is 21.5 Å². The van der Waals surface area contributed by atoms with Gasteiger partial charge in [0.2, 0.25) is 0 Å². The van der Waals surface area contributed by atoms with E-state index in [1.807, 2.05) is 0 Å². The molecule has 0 aliphatic heterocycles. The molecule has 0 aliphatic rings. The molecular formula is C11H7F10IO4S. The van der Waals surface area contributed by atoms with Gasteiger partial charge < -0.3 is 0 Å². The van der Waals surface area contributed by atoms with Gasteiger partial charge in [-0.05, 0) is 0 Å². The normalized spacial score (nSPS) is 14.9. The molecule has 0 aromatic heterocycles. The molecule has 0 aliphatic carbocycles. The van der Waals surface area contributed by atoms with Gasteiger partial charge in [0.15, 0.2) is 0 Å². The molecule has 0 heterocycles. The van der Waals surface area contributed by atoms with E-state index >= 15 is 0 Å². The molecule has 1 aromatic carbocycles. The maximum absolute atomic E-state index is 14.0. The number of alkyl halides is 11. The van der Waals surface area contributed by atoms with E-state index in [9.17, 15) is 52.3 Å². The number of hydrogen-bond donors (Lipinski definition) is 0. The van der Waals surface area contributed by atoms with Gasteiger partial charge in [0, 0.05) is 0 Å². The van der Waals surface area contributed by atoms with Crippen molar-refractivity contribution >= 4 is 30.4 Å². The third kappa shape index (κ3) is 4.69. The molecule has 4 nitrogen and oxygen atoms in total. The van der Waals surface area contributed by atoms with Crippen molar-refractivity contribution < 1.29 is 59.6 Å². The second-order valence-corrected chi connectivity index (χ2v) is 11.0. The Balaban J connectivity index is 3.58. The summed E-state index contributed by atoms with van der Waals surface area (Å²) in [5, 5.41) is 0. The van der Waals surface area contributed by atoms with Gasteiger partial charge in [0.05, 0.1) is 0 Å². The van der Waals surface area contributed by atoms with Crippen LogP contribution in [0, 0.1) is 3.57 Å². The molecule has 27 heavy (non-hydrogen) atoms. The van der Waals surface area contributed by atoms with E-state index in [1.54, 1.807) is 0 Å². The van der Waals surface area contributed by atoms with Crippen molar-refractivity contribution in [2.24, 2.45) is 0 Å². The molecule has 16 heteroatoms. The molecule has 0 amide bonds. The second kappa shape index (κ2) is 7.41. The SMILES string of the molecule is COc1ccc(I(OS(=O)(=O)C(F)(F)F)C(F)(F)C(F)(F)C(F)(F)F)cc1. The Kier molecular flexibility index (Phi) is 6.59. The van der Waals surface area contributed by atoms with Crippen LogP contribution in [0.15, 0.2) is 24.3 Å². The van der Waals surface area contributed by atoms with Crippen LogP contribution in [-0.4, -0.2) is 37.1 Å². The fourth-order valence-electron chi connectivity index (χ4n) is 1.29. The van der Waals surface area contributed by atoms with E-state index in [0.717, 1.165) is 19.2 Å². The van der Waals surface area contributed by atoms with Crippen molar-refractivity contribution in [2.75, 3.05) is 7.11 Å². The molecular weight excluding hydrogens is 545 g/mol. The maximum atomic E-state index is 14.0. The minimum atomic E-state index is -6.89. The Morgan fingerprint density at radius 3 is 1.63 bits per heavy atom. The van der Waals surface area contributed by atoms with Crippen LogP contribution < -0.4 is 4.74 Å². The summed E-state index contributed by atoms with van der Waals surface area (Å²) in [5.41, 5.74) is -6.32. The number of rotatable bonds is 6. The molecule has 1 aromatic rings. The van der Waals surface area contributed by atoms with Crippen LogP contribution in [0.2, 0.25) is 0 Å². The van der Waals surface area contributed by atoms with Gasteiger partial charge in [-0.2, -0.15) is 0 Å². The average molecular weight is 552 g/mol. The average Bonchev–Trinajstić information content (AvgIpc) is 2.50. The van der Waals surface area contributed by atoms with Crippen molar-refractivity contribution in [3.05, 3.63) is 27.8 Å². The molecule has 0 atom stereocenters. The van der Waals surface area contributed by atoms with Gasteiger partial charge in [-0.3, -0.25) is 0 Å². The van der Waals surface area contributed by atoms with Crippen LogP contribution in [0.25, 0.3) is 0 Å². The predicted octanol–water partition coefficient (Wildman–Crippen LogP) is 4.94. The summed E-state index contributed by atoms with van der Waals surface area (Å²) >= 11 is -6.18. The van der Waals surface area contributed by atoms with Gasteiger partial charge in [0.1, 0.15) is 0 Å². The van der Waals surface area contributed by atoms with E-state index in [-0.39, 0.29) is 5.75 Å². The minimum absolute atomic E-state index is 0.126. The quantitative estimate of drug-likeness (QED) is 0.217. The Labute approximate surface area is 152 Å². The first-order chi connectivity index (χ1) is 11.9. The number of hydrogen-bond acceptors (Lipinski definition) is 4. The van der Waals surface area contributed by atoms with Crippen LogP contribution in [0.1, 0.15) is 0 Å². The summed E-state index contributed by atoms with van der Waals surface area (Å²) in [5.74, 6) is -6.98. The number of halogens is 11. The standard InChI is InChI=1S/C11H7F10IO4S/c1-25-7-4-2-6(3-5-7)22(26-27(23,24)11(19,20)21)10(17,18)8(12,13)9(14,15)16/h2-5H,1H3. The van der Waals surface area contributed by atoms with Gasteiger partial charge >= 0.3 is 152 Å². The Morgan fingerprint density at radius 1 is 0.852 bits per heavy atom. The van der Waals surface area contributed by atoms with E-state index in [4.69, 9.17) is 0 Å². The molecule has 0 radical (unpaired) electrons. The summed E-state index contributed by atoms with van der Waals surface area (Å²) in [6, 6.07) is 2.31. The van der Waals surface area contributed by atoms with Crippen molar-refractivity contribution in [3.63, 3.8) is 0 Å². The summed E-state index contributed by atoms with van der Waals surface area (Å²) in [6.45, 7) is 0. The van der Waals surface area contributed by atoms with E-state index in [1.165, 1.54) is 0 Å².